The van der Waals surface area contributed by atoms with E-state index >= 15 is 0 Å². The van der Waals surface area contributed by atoms with Crippen LogP contribution in [-0.4, -0.2) is 42.8 Å². The Hall–Kier alpha value is -0.770. The fraction of sp³-hybridized carbons (Fsp3) is 0.833. The number of hydrogen-bond acceptors (Lipinski definition) is 3. The van der Waals surface area contributed by atoms with Gasteiger partial charge in [0, 0.05) is 19.6 Å². The standard InChI is InChI=1S/C12H22N2O2/c1-10-5-7-14(9-10)8-6-13-11(15)16-12(2,3)4/h1,10H,5-9H2,2-4H3,(H,13,15). The summed E-state index contributed by atoms with van der Waals surface area (Å²) in [5.74, 6) is 0.293. The van der Waals surface area contributed by atoms with Crippen LogP contribution in [0.1, 0.15) is 27.2 Å². The van der Waals surface area contributed by atoms with E-state index in [1.807, 2.05) is 20.8 Å². The molecule has 0 aromatic rings. The van der Waals surface area contributed by atoms with Crippen LogP contribution in [0.4, 0.5) is 4.79 Å². The Balaban J connectivity index is 2.09. The maximum Gasteiger partial charge on any atom is 0.407 e. The van der Waals surface area contributed by atoms with E-state index in [1.165, 1.54) is 0 Å². The quantitative estimate of drug-likeness (QED) is 0.793. The van der Waals surface area contributed by atoms with Crippen molar-refractivity contribution in [2.75, 3.05) is 26.2 Å². The number of alkyl carbamates (subject to hydrolysis) is 1. The van der Waals surface area contributed by atoms with E-state index in [0.29, 0.717) is 12.5 Å². The number of hydrogen-bond donors (Lipinski definition) is 1. The number of likely N-dealkylation sites (tertiary alicyclic amines) is 1. The molecule has 0 aliphatic carbocycles. The molecule has 1 aliphatic heterocycles. The van der Waals surface area contributed by atoms with Gasteiger partial charge in [0.25, 0.3) is 0 Å². The lowest BCUT2D eigenvalue weighted by Crippen LogP contribution is -2.37. The molecule has 1 aliphatic rings. The van der Waals surface area contributed by atoms with Crippen molar-refractivity contribution in [3.8, 4) is 0 Å². The summed E-state index contributed by atoms with van der Waals surface area (Å²) in [4.78, 5) is 13.6. The predicted octanol–water partition coefficient (Wildman–Crippen LogP) is 1.54. The summed E-state index contributed by atoms with van der Waals surface area (Å²) in [6, 6.07) is 0. The minimum absolute atomic E-state index is 0.293. The molecule has 4 nitrogen and oxygen atoms in total. The first-order chi connectivity index (χ1) is 7.37. The highest BCUT2D eigenvalue weighted by Crippen LogP contribution is 2.13. The molecule has 1 rings (SSSR count). The molecule has 0 aromatic heterocycles. The van der Waals surface area contributed by atoms with Crippen molar-refractivity contribution in [3.63, 3.8) is 0 Å². The van der Waals surface area contributed by atoms with Gasteiger partial charge in [-0.05, 0) is 46.6 Å². The second-order valence-electron chi connectivity index (χ2n) is 5.28. The second kappa shape index (κ2) is 5.53. The number of carbonyl (C=O) groups excluding carboxylic acids is 1. The van der Waals surface area contributed by atoms with Gasteiger partial charge >= 0.3 is 6.09 Å². The van der Waals surface area contributed by atoms with Crippen molar-refractivity contribution in [1.82, 2.24) is 10.2 Å². The number of ether oxygens (including phenoxy) is 1. The molecule has 1 amide bonds. The number of nitrogens with zero attached hydrogens (tertiary/aromatic N) is 1. The van der Waals surface area contributed by atoms with Crippen LogP contribution in [0, 0.1) is 12.8 Å². The smallest absolute Gasteiger partial charge is 0.407 e. The van der Waals surface area contributed by atoms with Crippen LogP contribution >= 0.6 is 0 Å². The monoisotopic (exact) mass is 226 g/mol. The SMILES string of the molecule is [CH]C1CCN(CCNC(=O)OC(C)(C)C)C1. The molecule has 1 N–H and O–H groups in total. The van der Waals surface area contributed by atoms with Crippen molar-refractivity contribution >= 4 is 6.09 Å². The van der Waals surface area contributed by atoms with Gasteiger partial charge in [0.2, 0.25) is 0 Å². The summed E-state index contributed by atoms with van der Waals surface area (Å²) < 4.78 is 5.13. The van der Waals surface area contributed by atoms with Gasteiger partial charge < -0.3 is 15.0 Å². The average Bonchev–Trinajstić information content (AvgIpc) is 2.48. The molecule has 1 heterocycles. The minimum Gasteiger partial charge on any atom is -0.444 e. The highest BCUT2D eigenvalue weighted by Gasteiger charge is 2.19. The van der Waals surface area contributed by atoms with E-state index in [-0.39, 0.29) is 6.09 Å². The van der Waals surface area contributed by atoms with E-state index in [4.69, 9.17) is 11.7 Å². The molecule has 0 saturated carbocycles. The number of carbonyl (C=O) groups is 1. The maximum absolute atomic E-state index is 11.3. The summed E-state index contributed by atoms with van der Waals surface area (Å²) in [6.45, 7) is 14.8. The van der Waals surface area contributed by atoms with Gasteiger partial charge in [-0.25, -0.2) is 4.79 Å². The summed E-state index contributed by atoms with van der Waals surface area (Å²) >= 11 is 0. The van der Waals surface area contributed by atoms with Gasteiger partial charge in [-0.2, -0.15) is 0 Å². The molecule has 1 saturated heterocycles. The highest BCUT2D eigenvalue weighted by molar-refractivity contribution is 5.67. The van der Waals surface area contributed by atoms with Crippen molar-refractivity contribution in [2.45, 2.75) is 32.8 Å². The van der Waals surface area contributed by atoms with Gasteiger partial charge in [-0.15, -0.1) is 0 Å². The van der Waals surface area contributed by atoms with Crippen molar-refractivity contribution in [2.24, 2.45) is 5.92 Å². The number of amides is 1. The topological polar surface area (TPSA) is 41.6 Å². The Morgan fingerprint density at radius 2 is 2.25 bits per heavy atom. The second-order valence-corrected chi connectivity index (χ2v) is 5.28. The van der Waals surface area contributed by atoms with Gasteiger partial charge in [0.15, 0.2) is 0 Å². The molecule has 1 atom stereocenters. The van der Waals surface area contributed by atoms with Crippen LogP contribution in [0.15, 0.2) is 0 Å². The van der Waals surface area contributed by atoms with Gasteiger partial charge in [0.05, 0.1) is 0 Å². The average molecular weight is 226 g/mol. The predicted molar refractivity (Wildman–Crippen MR) is 63.1 cm³/mol. The van der Waals surface area contributed by atoms with E-state index < -0.39 is 5.60 Å². The zero-order valence-electron chi connectivity index (χ0n) is 10.5. The summed E-state index contributed by atoms with van der Waals surface area (Å²) in [7, 11) is 0. The summed E-state index contributed by atoms with van der Waals surface area (Å²) in [6.07, 6.45) is 0.697. The fourth-order valence-electron chi connectivity index (χ4n) is 1.70. The molecule has 0 bridgehead atoms. The molecule has 1 unspecified atom stereocenters. The molecular weight excluding hydrogens is 204 g/mol. The van der Waals surface area contributed by atoms with E-state index in [0.717, 1.165) is 26.1 Å². The molecule has 16 heavy (non-hydrogen) atoms. The third kappa shape index (κ3) is 5.35. The molecule has 0 aromatic carbocycles. The van der Waals surface area contributed by atoms with Crippen LogP contribution in [0.3, 0.4) is 0 Å². The first-order valence-corrected chi connectivity index (χ1v) is 5.81. The lowest BCUT2D eigenvalue weighted by atomic mass is 10.2. The Morgan fingerprint density at radius 3 is 2.75 bits per heavy atom. The Morgan fingerprint density at radius 1 is 1.56 bits per heavy atom. The summed E-state index contributed by atoms with van der Waals surface area (Å²) in [5.41, 5.74) is -0.430. The molecule has 1 fully saturated rings. The van der Waals surface area contributed by atoms with E-state index in [9.17, 15) is 4.79 Å². The normalized spacial score (nSPS) is 22.1. The lowest BCUT2D eigenvalue weighted by molar-refractivity contribution is 0.0523. The summed E-state index contributed by atoms with van der Waals surface area (Å²) in [5, 5.41) is 2.74. The number of rotatable bonds is 3. The molecule has 4 heteroatoms. The zero-order chi connectivity index (χ0) is 12.2. The molecule has 0 spiro atoms. The maximum atomic E-state index is 11.3. The van der Waals surface area contributed by atoms with Crippen LogP contribution in [-0.2, 0) is 4.74 Å². The Kier molecular flexibility index (Phi) is 4.59. The fourth-order valence-corrected chi connectivity index (χ4v) is 1.70. The first-order valence-electron chi connectivity index (χ1n) is 5.81. The third-order valence-electron chi connectivity index (χ3n) is 2.41. The van der Waals surface area contributed by atoms with Crippen molar-refractivity contribution < 1.29 is 9.53 Å². The zero-order valence-corrected chi connectivity index (χ0v) is 10.5. The Labute approximate surface area is 98.3 Å². The first kappa shape index (κ1) is 13.3. The third-order valence-corrected chi connectivity index (χ3v) is 2.41. The lowest BCUT2D eigenvalue weighted by Gasteiger charge is -2.20. The largest absolute Gasteiger partial charge is 0.444 e. The van der Waals surface area contributed by atoms with E-state index in [1.54, 1.807) is 0 Å². The van der Waals surface area contributed by atoms with Crippen LogP contribution in [0.2, 0.25) is 0 Å². The molecule has 92 valence electrons. The van der Waals surface area contributed by atoms with Gasteiger partial charge in [-0.3, -0.25) is 0 Å². The van der Waals surface area contributed by atoms with Crippen molar-refractivity contribution in [1.29, 1.82) is 0 Å². The van der Waals surface area contributed by atoms with Crippen LogP contribution < -0.4 is 5.32 Å². The molecular formula is C12H22N2O2. The molecule has 2 radical (unpaired) electrons. The van der Waals surface area contributed by atoms with Crippen LogP contribution in [0.5, 0.6) is 0 Å². The number of nitrogens with one attached hydrogen (secondary N) is 1. The van der Waals surface area contributed by atoms with Gasteiger partial charge in [-0.1, -0.05) is 0 Å². The van der Waals surface area contributed by atoms with E-state index in [2.05, 4.69) is 10.2 Å². The Bertz CT molecular complexity index is 236. The van der Waals surface area contributed by atoms with Gasteiger partial charge in [0.1, 0.15) is 5.60 Å². The minimum atomic E-state index is -0.430. The van der Waals surface area contributed by atoms with Crippen molar-refractivity contribution in [3.05, 3.63) is 6.92 Å². The van der Waals surface area contributed by atoms with Crippen LogP contribution in [0.25, 0.3) is 0 Å². The highest BCUT2D eigenvalue weighted by atomic mass is 16.6.